The summed E-state index contributed by atoms with van der Waals surface area (Å²) in [5.41, 5.74) is 6.75. The average Bonchev–Trinajstić information content (AvgIpc) is 2.88. The standard InChI is InChI=1S/C10H12N4OS2.ClH/c1-6-4-17-10(12-6)14-9(15)7-5-16-8(13-7)2-3-11;/h4-5H,2-3,11H2,1H3,(H,12,14,15);1H. The second-order valence-corrected chi connectivity index (χ2v) is 5.21. The molecule has 0 atom stereocenters. The number of hydrogen-bond acceptors (Lipinski definition) is 6. The fourth-order valence-corrected chi connectivity index (χ4v) is 2.70. The van der Waals surface area contributed by atoms with Gasteiger partial charge in [-0.2, -0.15) is 0 Å². The summed E-state index contributed by atoms with van der Waals surface area (Å²) >= 11 is 2.85. The molecule has 8 heteroatoms. The van der Waals surface area contributed by atoms with Crippen LogP contribution in [0.15, 0.2) is 10.8 Å². The van der Waals surface area contributed by atoms with Crippen molar-refractivity contribution >= 4 is 46.1 Å². The van der Waals surface area contributed by atoms with Gasteiger partial charge in [-0.3, -0.25) is 10.1 Å². The number of carbonyl (C=O) groups is 1. The van der Waals surface area contributed by atoms with Crippen LogP contribution in [0.1, 0.15) is 21.2 Å². The Morgan fingerprint density at radius 2 is 2.17 bits per heavy atom. The van der Waals surface area contributed by atoms with Gasteiger partial charge in [-0.25, -0.2) is 9.97 Å². The van der Waals surface area contributed by atoms with E-state index in [1.54, 1.807) is 5.38 Å². The van der Waals surface area contributed by atoms with E-state index < -0.39 is 0 Å². The third-order valence-corrected chi connectivity index (χ3v) is 3.77. The van der Waals surface area contributed by atoms with Gasteiger partial charge in [0.2, 0.25) is 0 Å². The molecule has 0 saturated heterocycles. The van der Waals surface area contributed by atoms with Gasteiger partial charge in [-0.1, -0.05) is 0 Å². The van der Waals surface area contributed by atoms with E-state index in [2.05, 4.69) is 15.3 Å². The molecule has 0 unspecified atom stereocenters. The number of nitrogens with one attached hydrogen (secondary N) is 1. The zero-order chi connectivity index (χ0) is 12.3. The highest BCUT2D eigenvalue weighted by atomic mass is 35.5. The minimum absolute atomic E-state index is 0. The van der Waals surface area contributed by atoms with Crippen LogP contribution >= 0.6 is 35.1 Å². The number of nitrogens with two attached hydrogens (primary N) is 1. The Balaban J connectivity index is 0.00000162. The van der Waals surface area contributed by atoms with E-state index in [1.165, 1.54) is 22.7 Å². The summed E-state index contributed by atoms with van der Waals surface area (Å²) in [6, 6.07) is 0. The summed E-state index contributed by atoms with van der Waals surface area (Å²) in [4.78, 5) is 20.2. The number of carbonyl (C=O) groups excluding carboxylic acids is 1. The molecule has 1 amide bonds. The normalized spacial score (nSPS) is 9.89. The number of aryl methyl sites for hydroxylation is 1. The summed E-state index contributed by atoms with van der Waals surface area (Å²) in [7, 11) is 0. The average molecular weight is 305 g/mol. The van der Waals surface area contributed by atoms with Gasteiger partial charge in [0, 0.05) is 17.2 Å². The van der Waals surface area contributed by atoms with E-state index in [0.717, 1.165) is 10.7 Å². The molecule has 0 aliphatic rings. The van der Waals surface area contributed by atoms with Gasteiger partial charge in [0.05, 0.1) is 10.7 Å². The zero-order valence-corrected chi connectivity index (χ0v) is 12.1. The van der Waals surface area contributed by atoms with E-state index in [-0.39, 0.29) is 18.3 Å². The van der Waals surface area contributed by atoms with Crippen molar-refractivity contribution in [3.05, 3.63) is 27.2 Å². The third-order valence-electron chi connectivity index (χ3n) is 1.98. The monoisotopic (exact) mass is 304 g/mol. The first-order valence-electron chi connectivity index (χ1n) is 5.07. The molecule has 0 aliphatic carbocycles. The number of aromatic nitrogens is 2. The van der Waals surface area contributed by atoms with Crippen molar-refractivity contribution in [2.24, 2.45) is 5.73 Å². The highest BCUT2D eigenvalue weighted by Crippen LogP contribution is 2.16. The maximum Gasteiger partial charge on any atom is 0.276 e. The molecule has 0 fully saturated rings. The Morgan fingerprint density at radius 1 is 1.39 bits per heavy atom. The van der Waals surface area contributed by atoms with E-state index in [9.17, 15) is 4.79 Å². The summed E-state index contributed by atoms with van der Waals surface area (Å²) in [5, 5.41) is 7.82. The SMILES string of the molecule is Cc1csc(NC(=O)c2csc(CCN)n2)n1.Cl. The van der Waals surface area contributed by atoms with Crippen molar-refractivity contribution in [1.82, 2.24) is 9.97 Å². The van der Waals surface area contributed by atoms with Gasteiger partial charge in [0.25, 0.3) is 5.91 Å². The van der Waals surface area contributed by atoms with Gasteiger partial charge in [0.15, 0.2) is 5.13 Å². The summed E-state index contributed by atoms with van der Waals surface area (Å²) in [5.74, 6) is -0.223. The van der Waals surface area contributed by atoms with Crippen molar-refractivity contribution in [2.45, 2.75) is 13.3 Å². The van der Waals surface area contributed by atoms with Crippen LogP contribution in [0.2, 0.25) is 0 Å². The first-order chi connectivity index (χ1) is 8.19. The predicted octanol–water partition coefficient (Wildman–Crippen LogP) is 2.08. The number of rotatable bonds is 4. The highest BCUT2D eigenvalue weighted by molar-refractivity contribution is 7.14. The molecule has 18 heavy (non-hydrogen) atoms. The number of halogens is 1. The molecule has 2 rings (SSSR count). The quantitative estimate of drug-likeness (QED) is 0.906. The minimum atomic E-state index is -0.223. The molecule has 2 aromatic heterocycles. The Bertz CT molecular complexity index is 525. The number of thiazole rings is 2. The predicted molar refractivity (Wildman–Crippen MR) is 76.9 cm³/mol. The molecule has 0 radical (unpaired) electrons. The molecule has 2 aromatic rings. The van der Waals surface area contributed by atoms with E-state index in [1.807, 2.05) is 12.3 Å². The van der Waals surface area contributed by atoms with Crippen LogP contribution in [0.5, 0.6) is 0 Å². The van der Waals surface area contributed by atoms with Crippen molar-refractivity contribution < 1.29 is 4.79 Å². The number of anilines is 1. The summed E-state index contributed by atoms with van der Waals surface area (Å²) < 4.78 is 0. The Kier molecular flexibility index (Phi) is 5.67. The Morgan fingerprint density at radius 3 is 2.78 bits per heavy atom. The zero-order valence-electron chi connectivity index (χ0n) is 9.67. The van der Waals surface area contributed by atoms with Gasteiger partial charge in [-0.05, 0) is 13.5 Å². The van der Waals surface area contributed by atoms with Crippen LogP contribution in [0.4, 0.5) is 5.13 Å². The minimum Gasteiger partial charge on any atom is -0.330 e. The lowest BCUT2D eigenvalue weighted by molar-refractivity contribution is 0.102. The maximum atomic E-state index is 11.8. The van der Waals surface area contributed by atoms with Crippen LogP contribution in [0, 0.1) is 6.92 Å². The second-order valence-electron chi connectivity index (χ2n) is 3.41. The van der Waals surface area contributed by atoms with Crippen LogP contribution in [-0.2, 0) is 6.42 Å². The molecule has 0 aromatic carbocycles. The number of nitrogens with zero attached hydrogens (tertiary/aromatic N) is 2. The summed E-state index contributed by atoms with van der Waals surface area (Å²) in [6.07, 6.45) is 0.703. The first-order valence-corrected chi connectivity index (χ1v) is 6.83. The fraction of sp³-hybridized carbons (Fsp3) is 0.300. The van der Waals surface area contributed by atoms with Gasteiger partial charge in [-0.15, -0.1) is 35.1 Å². The molecule has 0 saturated carbocycles. The molecular weight excluding hydrogens is 292 g/mol. The number of amides is 1. The van der Waals surface area contributed by atoms with Gasteiger partial charge in [0.1, 0.15) is 5.69 Å². The number of hydrogen-bond donors (Lipinski definition) is 2. The molecule has 0 aliphatic heterocycles. The van der Waals surface area contributed by atoms with Crippen LogP contribution in [0.25, 0.3) is 0 Å². The lowest BCUT2D eigenvalue weighted by atomic mass is 10.4. The van der Waals surface area contributed by atoms with Crippen LogP contribution < -0.4 is 11.1 Å². The topological polar surface area (TPSA) is 80.9 Å². The van der Waals surface area contributed by atoms with Crippen LogP contribution in [-0.4, -0.2) is 22.4 Å². The van der Waals surface area contributed by atoms with E-state index >= 15 is 0 Å². The largest absolute Gasteiger partial charge is 0.330 e. The lowest BCUT2D eigenvalue weighted by Crippen LogP contribution is -2.12. The molecule has 0 spiro atoms. The molecule has 98 valence electrons. The highest BCUT2D eigenvalue weighted by Gasteiger charge is 2.12. The Labute approximate surface area is 119 Å². The third kappa shape index (κ3) is 3.74. The molecule has 3 N–H and O–H groups in total. The van der Waals surface area contributed by atoms with Gasteiger partial charge < -0.3 is 5.73 Å². The fourth-order valence-electron chi connectivity index (χ4n) is 1.23. The van der Waals surface area contributed by atoms with Gasteiger partial charge >= 0.3 is 0 Å². The molecule has 5 nitrogen and oxygen atoms in total. The smallest absolute Gasteiger partial charge is 0.276 e. The van der Waals surface area contributed by atoms with Crippen molar-refractivity contribution in [1.29, 1.82) is 0 Å². The molecular formula is C10H13ClN4OS2. The van der Waals surface area contributed by atoms with Crippen molar-refractivity contribution in [2.75, 3.05) is 11.9 Å². The van der Waals surface area contributed by atoms with E-state index in [4.69, 9.17) is 5.73 Å². The maximum absolute atomic E-state index is 11.8. The van der Waals surface area contributed by atoms with Crippen molar-refractivity contribution in [3.63, 3.8) is 0 Å². The van der Waals surface area contributed by atoms with Crippen molar-refractivity contribution in [3.8, 4) is 0 Å². The molecule has 2 heterocycles. The van der Waals surface area contributed by atoms with E-state index in [0.29, 0.717) is 23.8 Å². The first kappa shape index (κ1) is 15.0. The Hall–Kier alpha value is -1.02. The lowest BCUT2D eigenvalue weighted by Gasteiger charge is -1.97. The summed E-state index contributed by atoms with van der Waals surface area (Å²) in [6.45, 7) is 2.43. The van der Waals surface area contributed by atoms with Crippen LogP contribution in [0.3, 0.4) is 0 Å². The second kappa shape index (κ2) is 6.79. The molecule has 0 bridgehead atoms.